The van der Waals surface area contributed by atoms with E-state index in [0.29, 0.717) is 76.8 Å². The van der Waals surface area contributed by atoms with Gasteiger partial charge in [-0.2, -0.15) is 22.1 Å². The molecule has 3 aliphatic rings. The van der Waals surface area contributed by atoms with E-state index in [9.17, 15) is 13.2 Å². The van der Waals surface area contributed by atoms with E-state index in [-0.39, 0.29) is 36.2 Å². The molecule has 5 heterocycles. The zero-order valence-corrected chi connectivity index (χ0v) is 40.5. The molecule has 9 rings (SSSR count). The topological polar surface area (TPSA) is 121 Å². The number of nitrogens with zero attached hydrogens (tertiary/aromatic N) is 7. The Hall–Kier alpha value is -4.97. The minimum Gasteiger partial charge on any atom is -1.00 e. The maximum absolute atomic E-state index is 14.3. The van der Waals surface area contributed by atoms with Gasteiger partial charge in [0.15, 0.2) is 0 Å². The number of benzene rings is 4. The standard InChI is InChI=1S/C49H60N7O7S.BrH/c1-6-61-49(57)48-40(14-10-30-62-44-15-9-12-36-11-7-8-13-39(36)44)41-21-16-35(2)45-46-42(50-52(5)43(46)33-56(28-31-60-32-29-56)27-26-55(48)47(41)45)34-63-38-19-17-37(18-20-38)53-22-24-54(25-23-53)64(58,59)51(3)4;/h7-9,11-13,15-21H,6,10,14,22-34H2,1-5H3;1H/q+1;/p-1. The number of fused-ring (bicyclic) bond motifs is 3. The molecular formula is C49H60BrN7O7S. The van der Waals surface area contributed by atoms with Gasteiger partial charge in [-0.25, -0.2) is 4.79 Å². The number of aromatic nitrogens is 3. The number of morpholine rings is 1. The molecule has 16 heteroatoms. The van der Waals surface area contributed by atoms with Crippen LogP contribution >= 0.6 is 0 Å². The summed E-state index contributed by atoms with van der Waals surface area (Å²) in [6.07, 6.45) is 1.34. The number of halogens is 1. The molecule has 65 heavy (non-hydrogen) atoms. The summed E-state index contributed by atoms with van der Waals surface area (Å²) < 4.78 is 58.1. The second-order valence-corrected chi connectivity index (χ2v) is 19.6. The summed E-state index contributed by atoms with van der Waals surface area (Å²) in [4.78, 5) is 16.5. The second kappa shape index (κ2) is 19.5. The van der Waals surface area contributed by atoms with Gasteiger partial charge in [0.2, 0.25) is 0 Å². The van der Waals surface area contributed by atoms with Crippen molar-refractivity contribution in [2.45, 2.75) is 46.4 Å². The lowest BCUT2D eigenvalue weighted by Crippen LogP contribution is -3.00. The molecule has 0 unspecified atom stereocenters. The minimum absolute atomic E-state index is 0. The number of piperazine rings is 1. The average molecular weight is 971 g/mol. The fraction of sp³-hybridized carbons (Fsp3) is 0.429. The van der Waals surface area contributed by atoms with Crippen LogP contribution in [0.4, 0.5) is 5.69 Å². The first-order valence-corrected chi connectivity index (χ1v) is 23.9. The molecule has 4 aromatic carbocycles. The highest BCUT2D eigenvalue weighted by molar-refractivity contribution is 7.86. The molecule has 0 aliphatic carbocycles. The Labute approximate surface area is 392 Å². The molecule has 3 aliphatic heterocycles. The fourth-order valence-electron chi connectivity index (χ4n) is 9.92. The predicted molar refractivity (Wildman–Crippen MR) is 249 cm³/mol. The molecule has 2 saturated heterocycles. The van der Waals surface area contributed by atoms with Crippen molar-refractivity contribution in [2.24, 2.45) is 7.05 Å². The lowest BCUT2D eigenvalue weighted by Gasteiger charge is -2.41. The van der Waals surface area contributed by atoms with Gasteiger partial charge in [-0.3, -0.25) is 4.68 Å². The highest BCUT2D eigenvalue weighted by Gasteiger charge is 2.38. The summed E-state index contributed by atoms with van der Waals surface area (Å²) in [6.45, 7) is 12.4. The van der Waals surface area contributed by atoms with E-state index in [4.69, 9.17) is 24.0 Å². The predicted octanol–water partition coefficient (Wildman–Crippen LogP) is 3.56. The van der Waals surface area contributed by atoms with Crippen LogP contribution in [0.1, 0.15) is 46.3 Å². The van der Waals surface area contributed by atoms with Gasteiger partial charge in [-0.05, 0) is 73.5 Å². The van der Waals surface area contributed by atoms with Crippen LogP contribution in [-0.2, 0) is 52.8 Å². The van der Waals surface area contributed by atoms with Gasteiger partial charge in [-0.15, -0.1) is 0 Å². The number of quaternary nitrogens is 1. The summed E-state index contributed by atoms with van der Waals surface area (Å²) in [7, 11) is 1.73. The van der Waals surface area contributed by atoms with E-state index in [1.54, 1.807) is 14.1 Å². The van der Waals surface area contributed by atoms with E-state index >= 15 is 0 Å². The maximum Gasteiger partial charge on any atom is 0.355 e. The molecule has 346 valence electrons. The van der Waals surface area contributed by atoms with Gasteiger partial charge in [-0.1, -0.05) is 48.5 Å². The monoisotopic (exact) mass is 969 g/mol. The Morgan fingerprint density at radius 2 is 1.60 bits per heavy atom. The lowest BCUT2D eigenvalue weighted by molar-refractivity contribution is -0.948. The van der Waals surface area contributed by atoms with Gasteiger partial charge in [0.25, 0.3) is 10.2 Å². The van der Waals surface area contributed by atoms with Crippen LogP contribution in [0.2, 0.25) is 0 Å². The van der Waals surface area contributed by atoms with Crippen LogP contribution < -0.4 is 31.4 Å². The Bertz CT molecular complexity index is 2770. The van der Waals surface area contributed by atoms with Crippen LogP contribution in [-0.4, -0.2) is 128 Å². The third-order valence-corrected chi connectivity index (χ3v) is 15.3. The van der Waals surface area contributed by atoms with Gasteiger partial charge >= 0.3 is 5.97 Å². The molecule has 0 radical (unpaired) electrons. The molecule has 2 aromatic heterocycles. The summed E-state index contributed by atoms with van der Waals surface area (Å²) in [5, 5.41) is 8.47. The van der Waals surface area contributed by atoms with Crippen LogP contribution in [0.3, 0.4) is 0 Å². The van der Waals surface area contributed by atoms with Gasteiger partial charge < -0.3 is 49.9 Å². The summed E-state index contributed by atoms with van der Waals surface area (Å²) in [6, 6.07) is 26.8. The van der Waals surface area contributed by atoms with Gasteiger partial charge in [0.05, 0.1) is 45.0 Å². The summed E-state index contributed by atoms with van der Waals surface area (Å²) >= 11 is 0. The largest absolute Gasteiger partial charge is 1.00 e. The zero-order chi connectivity index (χ0) is 44.6. The number of rotatable bonds is 13. The Balaban J connectivity index is 0.00000576. The van der Waals surface area contributed by atoms with Crippen LogP contribution in [0.25, 0.3) is 32.8 Å². The molecule has 2 fully saturated rings. The van der Waals surface area contributed by atoms with E-state index in [1.807, 2.05) is 67.2 Å². The number of carbonyl (C=O) groups is 1. The molecule has 0 amide bonds. The molecular weight excluding hydrogens is 911 g/mol. The van der Waals surface area contributed by atoms with E-state index in [0.717, 1.165) is 97.4 Å². The van der Waals surface area contributed by atoms with Crippen LogP contribution in [0.15, 0.2) is 78.9 Å². The van der Waals surface area contributed by atoms with E-state index < -0.39 is 10.2 Å². The molecule has 0 N–H and O–H groups in total. The Morgan fingerprint density at radius 3 is 2.34 bits per heavy atom. The highest BCUT2D eigenvalue weighted by atomic mass is 79.9. The van der Waals surface area contributed by atoms with Crippen molar-refractivity contribution in [1.29, 1.82) is 0 Å². The SMILES string of the molecule is CCOC(=O)c1c(CCCOc2cccc3ccccc23)c2ccc(C)c3c2n1CC[N+]1(CCOCC1)Cc1c-3c(COc2ccc(N3CCN(S(=O)(=O)N(C)C)CC3)cc2)nn1C.[Br-]. The van der Waals surface area contributed by atoms with Crippen LogP contribution in [0, 0.1) is 6.92 Å². The third kappa shape index (κ3) is 9.13. The smallest absolute Gasteiger partial charge is 0.355 e. The fourth-order valence-corrected chi connectivity index (χ4v) is 11.0. The molecule has 6 aromatic rings. The van der Waals surface area contributed by atoms with Crippen molar-refractivity contribution >= 4 is 43.5 Å². The minimum atomic E-state index is -3.44. The van der Waals surface area contributed by atoms with Crippen molar-refractivity contribution in [3.05, 3.63) is 107 Å². The van der Waals surface area contributed by atoms with E-state index in [1.165, 1.54) is 8.61 Å². The Morgan fingerprint density at radius 1 is 0.862 bits per heavy atom. The van der Waals surface area contributed by atoms with Crippen molar-refractivity contribution in [3.8, 4) is 22.6 Å². The van der Waals surface area contributed by atoms with Gasteiger partial charge in [0, 0.05) is 74.9 Å². The average Bonchev–Trinajstić information content (AvgIpc) is 3.80. The normalized spacial score (nSPS) is 16.5. The first-order valence-electron chi connectivity index (χ1n) is 22.5. The molecule has 0 saturated carbocycles. The first-order chi connectivity index (χ1) is 31.0. The molecule has 14 nitrogen and oxygen atoms in total. The maximum atomic E-state index is 14.3. The second-order valence-electron chi connectivity index (χ2n) is 17.4. The number of ether oxygens (including phenoxy) is 4. The number of anilines is 1. The number of hydrogen-bond donors (Lipinski definition) is 0. The molecule has 0 atom stereocenters. The summed E-state index contributed by atoms with van der Waals surface area (Å²) in [5.74, 6) is 1.26. The number of esters is 1. The van der Waals surface area contributed by atoms with Crippen molar-refractivity contribution in [2.75, 3.05) is 91.2 Å². The first kappa shape index (κ1) is 46.6. The molecule has 0 bridgehead atoms. The van der Waals surface area contributed by atoms with Gasteiger partial charge in [0.1, 0.15) is 54.8 Å². The third-order valence-electron chi connectivity index (χ3n) is 13.4. The quantitative estimate of drug-likeness (QED) is 0.0974. The zero-order valence-electron chi connectivity index (χ0n) is 38.1. The Kier molecular flexibility index (Phi) is 13.9. The van der Waals surface area contributed by atoms with Crippen molar-refractivity contribution in [3.63, 3.8) is 0 Å². The van der Waals surface area contributed by atoms with Crippen molar-refractivity contribution in [1.82, 2.24) is 23.0 Å². The van der Waals surface area contributed by atoms with Crippen LogP contribution in [0.5, 0.6) is 11.5 Å². The van der Waals surface area contributed by atoms with Crippen molar-refractivity contribution < 1.29 is 53.6 Å². The highest BCUT2D eigenvalue weighted by Crippen LogP contribution is 2.43. The number of aryl methyl sites for hydroxylation is 3. The van der Waals surface area contributed by atoms with E-state index in [2.05, 4.69) is 46.7 Å². The lowest BCUT2D eigenvalue weighted by atomic mass is 9.93. The summed E-state index contributed by atoms with van der Waals surface area (Å²) in [5.41, 5.74) is 8.84. The molecule has 1 spiro atoms. The number of carbonyl (C=O) groups excluding carboxylic acids is 1. The number of hydrogen-bond acceptors (Lipinski definition) is 9.